The van der Waals surface area contributed by atoms with Crippen LogP contribution in [0.1, 0.15) is 40.5 Å². The highest BCUT2D eigenvalue weighted by Crippen LogP contribution is 2.38. The lowest BCUT2D eigenvalue weighted by Gasteiger charge is -2.53. The van der Waals surface area contributed by atoms with Crippen LogP contribution >= 0.6 is 0 Å². The Labute approximate surface area is 181 Å². The molecule has 4 rings (SSSR count). The lowest BCUT2D eigenvalue weighted by molar-refractivity contribution is -0.00773. The van der Waals surface area contributed by atoms with E-state index in [1.54, 1.807) is 24.4 Å². The smallest absolute Gasteiger partial charge is 0.148 e. The zero-order valence-electron chi connectivity index (χ0n) is 18.6. The molecule has 3 aromatic rings. The number of phenolic OH excluding ortho intramolecular Hbond substituents is 1. The number of benzene rings is 1. The van der Waals surface area contributed by atoms with Crippen molar-refractivity contribution in [2.24, 2.45) is 0 Å². The maximum Gasteiger partial charge on any atom is 0.148 e. The summed E-state index contributed by atoms with van der Waals surface area (Å²) >= 11 is 0. The summed E-state index contributed by atoms with van der Waals surface area (Å²) in [6.07, 6.45) is 3.53. The molecule has 1 saturated heterocycles. The molecule has 7 nitrogen and oxygen atoms in total. The average molecular weight is 425 g/mol. The summed E-state index contributed by atoms with van der Waals surface area (Å²) in [5.41, 5.74) is 1.84. The summed E-state index contributed by atoms with van der Waals surface area (Å²) in [6.45, 7) is 9.02. The van der Waals surface area contributed by atoms with Gasteiger partial charge in [0.05, 0.1) is 11.4 Å². The summed E-state index contributed by atoms with van der Waals surface area (Å²) in [4.78, 5) is 2.43. The van der Waals surface area contributed by atoms with Gasteiger partial charge in [-0.1, -0.05) is 0 Å². The van der Waals surface area contributed by atoms with Crippen LogP contribution in [0.25, 0.3) is 22.5 Å². The predicted molar refractivity (Wildman–Crippen MR) is 119 cm³/mol. The minimum absolute atomic E-state index is 0.0652. The predicted octanol–water partition coefficient (Wildman–Crippen LogP) is 4.44. The molecule has 0 radical (unpaired) electrons. The highest BCUT2D eigenvalue weighted by molar-refractivity contribution is 5.74. The molecule has 0 atom stereocenters. The molecule has 3 heterocycles. The number of aromatic nitrogens is 4. The van der Waals surface area contributed by atoms with Crippen molar-refractivity contribution in [1.29, 1.82) is 0 Å². The van der Waals surface area contributed by atoms with E-state index in [4.69, 9.17) is 0 Å². The van der Waals surface area contributed by atoms with E-state index in [1.807, 2.05) is 6.07 Å². The minimum Gasteiger partial charge on any atom is -0.507 e. The second kappa shape index (κ2) is 7.60. The van der Waals surface area contributed by atoms with E-state index >= 15 is 0 Å². The Morgan fingerprint density at radius 3 is 2.35 bits per heavy atom. The van der Waals surface area contributed by atoms with Gasteiger partial charge >= 0.3 is 0 Å². The van der Waals surface area contributed by atoms with Gasteiger partial charge in [-0.15, -0.1) is 10.2 Å². The summed E-state index contributed by atoms with van der Waals surface area (Å²) in [6, 6.07) is 8.21. The van der Waals surface area contributed by atoms with Gasteiger partial charge in [0.15, 0.2) is 0 Å². The van der Waals surface area contributed by atoms with Gasteiger partial charge in [0.1, 0.15) is 17.4 Å². The molecule has 0 aliphatic carbocycles. The van der Waals surface area contributed by atoms with Crippen LogP contribution in [0, 0.1) is 5.82 Å². The van der Waals surface area contributed by atoms with Crippen molar-refractivity contribution in [2.45, 2.75) is 57.7 Å². The number of aromatic hydroxyl groups is 1. The molecule has 31 heavy (non-hydrogen) atoms. The fourth-order valence-electron chi connectivity index (χ4n) is 4.62. The van der Waals surface area contributed by atoms with E-state index in [9.17, 15) is 9.50 Å². The molecule has 3 N–H and O–H groups in total. The number of halogens is 1. The lowest BCUT2D eigenvalue weighted by Crippen LogP contribution is -2.61. The van der Waals surface area contributed by atoms with Gasteiger partial charge in [-0.25, -0.2) is 4.39 Å². The maximum absolute atomic E-state index is 14.3. The number of hydrogen-bond donors (Lipinski definition) is 3. The SMILES string of the molecule is CN1C(C)(C)CC(Nc2ccc(-c3cc(-c4ccn[nH]4)c(F)cc3O)nn2)CC1(C)C. The highest BCUT2D eigenvalue weighted by Gasteiger charge is 2.43. The Balaban J connectivity index is 1.56. The van der Waals surface area contributed by atoms with E-state index in [2.05, 4.69) is 65.4 Å². The standard InChI is InChI=1S/C23H29FN6O/c1-22(2)12-14(13-23(3,4)30(22)5)26-21-7-6-18(28-29-21)16-10-15(17(24)11-20(16)31)19-8-9-25-27-19/h6-11,14,31H,12-13H2,1-5H3,(H,25,27)(H,26,29). The molecule has 0 unspecified atom stereocenters. The third kappa shape index (κ3) is 4.12. The number of H-pyrrole nitrogens is 1. The summed E-state index contributed by atoms with van der Waals surface area (Å²) in [5, 5.41) is 29.0. The number of phenols is 1. The normalized spacial score (nSPS) is 18.8. The number of piperidine rings is 1. The van der Waals surface area contributed by atoms with Crippen LogP contribution in [0.5, 0.6) is 5.75 Å². The van der Waals surface area contributed by atoms with Crippen molar-refractivity contribution < 1.29 is 9.50 Å². The lowest BCUT2D eigenvalue weighted by atomic mass is 9.77. The van der Waals surface area contributed by atoms with Gasteiger partial charge < -0.3 is 10.4 Å². The van der Waals surface area contributed by atoms with Gasteiger partial charge in [0.2, 0.25) is 0 Å². The van der Waals surface area contributed by atoms with Crippen molar-refractivity contribution in [1.82, 2.24) is 25.3 Å². The van der Waals surface area contributed by atoms with Crippen molar-refractivity contribution >= 4 is 5.82 Å². The van der Waals surface area contributed by atoms with Gasteiger partial charge in [0, 0.05) is 40.5 Å². The van der Waals surface area contributed by atoms with Crippen molar-refractivity contribution in [2.75, 3.05) is 12.4 Å². The number of hydrogen-bond acceptors (Lipinski definition) is 6. The van der Waals surface area contributed by atoms with Crippen LogP contribution in [0.3, 0.4) is 0 Å². The topological polar surface area (TPSA) is 90.0 Å². The van der Waals surface area contributed by atoms with Crippen molar-refractivity contribution in [3.05, 3.63) is 42.3 Å². The molecular weight excluding hydrogens is 395 g/mol. The van der Waals surface area contributed by atoms with E-state index in [1.165, 1.54) is 0 Å². The Hall–Kier alpha value is -3.00. The van der Waals surface area contributed by atoms with Crippen LogP contribution in [-0.2, 0) is 0 Å². The average Bonchev–Trinajstić information content (AvgIpc) is 3.21. The Bertz CT molecular complexity index is 1040. The summed E-state index contributed by atoms with van der Waals surface area (Å²) < 4.78 is 14.3. The molecular formula is C23H29FN6O. The summed E-state index contributed by atoms with van der Waals surface area (Å²) in [7, 11) is 2.18. The molecule has 2 aromatic heterocycles. The van der Waals surface area contributed by atoms with Crippen LogP contribution in [0.4, 0.5) is 10.2 Å². The quantitative estimate of drug-likeness (QED) is 0.574. The number of anilines is 1. The molecule has 0 bridgehead atoms. The monoisotopic (exact) mass is 424 g/mol. The van der Waals surface area contributed by atoms with E-state index < -0.39 is 5.82 Å². The van der Waals surface area contributed by atoms with E-state index in [0.29, 0.717) is 28.3 Å². The maximum atomic E-state index is 14.3. The first-order chi connectivity index (χ1) is 14.6. The second-order valence-corrected chi connectivity index (χ2v) is 9.56. The molecule has 0 spiro atoms. The fraction of sp³-hybridized carbons (Fsp3) is 0.435. The number of aromatic amines is 1. The summed E-state index contributed by atoms with van der Waals surface area (Å²) in [5.74, 6) is -0.0425. The van der Waals surface area contributed by atoms with Crippen LogP contribution in [0.2, 0.25) is 0 Å². The first-order valence-corrected chi connectivity index (χ1v) is 10.4. The van der Waals surface area contributed by atoms with Gasteiger partial charge in [-0.05, 0) is 71.8 Å². The number of nitrogens with zero attached hydrogens (tertiary/aromatic N) is 4. The van der Waals surface area contributed by atoms with Crippen LogP contribution in [-0.4, -0.2) is 54.6 Å². The number of rotatable bonds is 4. The third-order valence-corrected chi connectivity index (χ3v) is 6.48. The van der Waals surface area contributed by atoms with E-state index in [0.717, 1.165) is 18.9 Å². The molecule has 1 aliphatic rings. The Morgan fingerprint density at radius 1 is 1.06 bits per heavy atom. The molecule has 1 fully saturated rings. The second-order valence-electron chi connectivity index (χ2n) is 9.56. The first-order valence-electron chi connectivity index (χ1n) is 10.4. The van der Waals surface area contributed by atoms with Crippen molar-refractivity contribution in [3.8, 4) is 28.3 Å². The minimum atomic E-state index is -0.538. The highest BCUT2D eigenvalue weighted by atomic mass is 19.1. The fourth-order valence-corrected chi connectivity index (χ4v) is 4.62. The number of likely N-dealkylation sites (tertiary alicyclic amines) is 1. The zero-order valence-corrected chi connectivity index (χ0v) is 18.6. The largest absolute Gasteiger partial charge is 0.507 e. The van der Waals surface area contributed by atoms with Gasteiger partial charge in [-0.3, -0.25) is 10.00 Å². The van der Waals surface area contributed by atoms with Gasteiger partial charge in [0.25, 0.3) is 0 Å². The molecule has 1 aromatic carbocycles. The van der Waals surface area contributed by atoms with Crippen molar-refractivity contribution in [3.63, 3.8) is 0 Å². The first kappa shape index (κ1) is 21.2. The molecule has 8 heteroatoms. The van der Waals surface area contributed by atoms with Crippen LogP contribution < -0.4 is 5.32 Å². The molecule has 0 saturated carbocycles. The zero-order chi connectivity index (χ0) is 22.4. The third-order valence-electron chi connectivity index (χ3n) is 6.48. The van der Waals surface area contributed by atoms with E-state index in [-0.39, 0.29) is 22.9 Å². The van der Waals surface area contributed by atoms with Crippen LogP contribution in [0.15, 0.2) is 36.5 Å². The molecule has 1 aliphatic heterocycles. The Morgan fingerprint density at radius 2 is 1.77 bits per heavy atom. The molecule has 164 valence electrons. The van der Waals surface area contributed by atoms with Gasteiger partial charge in [-0.2, -0.15) is 5.10 Å². The number of nitrogens with one attached hydrogen (secondary N) is 2. The molecule has 0 amide bonds. The Kier molecular flexibility index (Phi) is 5.21.